The van der Waals surface area contributed by atoms with E-state index in [9.17, 15) is 0 Å². The summed E-state index contributed by atoms with van der Waals surface area (Å²) in [5.41, 5.74) is 6.77. The first-order valence-corrected chi connectivity index (χ1v) is 6.15. The fourth-order valence-corrected chi connectivity index (χ4v) is 2.29. The molecule has 1 saturated heterocycles. The maximum absolute atomic E-state index is 5.58. The van der Waals surface area contributed by atoms with Gasteiger partial charge in [0.25, 0.3) is 0 Å². The van der Waals surface area contributed by atoms with Crippen LogP contribution in [0.25, 0.3) is 0 Å². The predicted octanol–water partition coefficient (Wildman–Crippen LogP) is 1.20. The van der Waals surface area contributed by atoms with Gasteiger partial charge in [0, 0.05) is 39.3 Å². The van der Waals surface area contributed by atoms with Crippen LogP contribution in [0.1, 0.15) is 0 Å². The Morgan fingerprint density at radius 1 is 1.17 bits per heavy atom. The maximum atomic E-state index is 5.58. The lowest BCUT2D eigenvalue weighted by atomic mass is 10.2. The molecule has 1 aromatic rings. The first-order valence-electron chi connectivity index (χ1n) is 6.15. The zero-order chi connectivity index (χ0) is 12.1. The van der Waals surface area contributed by atoms with Crippen LogP contribution in [0.4, 0.5) is 5.69 Å². The molecule has 0 spiro atoms. The minimum absolute atomic E-state index is 0. The van der Waals surface area contributed by atoms with Crippen LogP contribution < -0.4 is 15.4 Å². The van der Waals surface area contributed by atoms with Gasteiger partial charge in [0.15, 0.2) is 0 Å². The van der Waals surface area contributed by atoms with Crippen LogP contribution in [0.5, 0.6) is 5.75 Å². The van der Waals surface area contributed by atoms with Crippen LogP contribution in [0.3, 0.4) is 0 Å². The molecule has 1 fully saturated rings. The Labute approximate surface area is 115 Å². The highest BCUT2D eigenvalue weighted by Gasteiger charge is 2.18. The highest BCUT2D eigenvalue weighted by molar-refractivity contribution is 5.85. The van der Waals surface area contributed by atoms with Crippen molar-refractivity contribution in [1.29, 1.82) is 0 Å². The van der Waals surface area contributed by atoms with Gasteiger partial charge in [0.05, 0.1) is 12.8 Å². The molecule has 5 heteroatoms. The fraction of sp³-hybridized carbons (Fsp3) is 0.538. The second-order valence-corrected chi connectivity index (χ2v) is 4.29. The van der Waals surface area contributed by atoms with Gasteiger partial charge in [-0.15, -0.1) is 12.4 Å². The molecule has 1 aliphatic heterocycles. The third kappa shape index (κ3) is 3.51. The largest absolute Gasteiger partial charge is 0.495 e. The summed E-state index contributed by atoms with van der Waals surface area (Å²) in [7, 11) is 1.73. The number of nitrogens with two attached hydrogens (primary N) is 1. The van der Waals surface area contributed by atoms with Crippen molar-refractivity contribution < 1.29 is 4.74 Å². The molecule has 0 saturated carbocycles. The van der Waals surface area contributed by atoms with E-state index in [1.165, 1.54) is 5.69 Å². The minimum atomic E-state index is 0. The number of rotatable bonds is 4. The lowest BCUT2D eigenvalue weighted by Crippen LogP contribution is -2.47. The molecular formula is C13H22ClN3O. The first kappa shape index (κ1) is 15.1. The van der Waals surface area contributed by atoms with Gasteiger partial charge in [0.1, 0.15) is 5.75 Å². The highest BCUT2D eigenvalue weighted by atomic mass is 35.5. The Bertz CT molecular complexity index is 354. The molecule has 0 atom stereocenters. The van der Waals surface area contributed by atoms with Crippen LogP contribution in [-0.2, 0) is 0 Å². The standard InChI is InChI=1S/C13H21N3O.ClH/c1-17-13-5-3-2-4-12(13)16-10-8-15(7-6-14)9-11-16;/h2-5H,6-11,14H2,1H3;1H. The van der Waals surface area contributed by atoms with Crippen LogP contribution in [0.15, 0.2) is 24.3 Å². The monoisotopic (exact) mass is 271 g/mol. The first-order chi connectivity index (χ1) is 8.35. The fourth-order valence-electron chi connectivity index (χ4n) is 2.29. The Hall–Kier alpha value is -0.970. The van der Waals surface area contributed by atoms with Crippen molar-refractivity contribution in [3.63, 3.8) is 0 Å². The van der Waals surface area contributed by atoms with Crippen LogP contribution in [-0.4, -0.2) is 51.3 Å². The number of para-hydroxylation sites is 2. The molecular weight excluding hydrogens is 250 g/mol. The predicted molar refractivity (Wildman–Crippen MR) is 77.9 cm³/mol. The molecule has 0 unspecified atom stereocenters. The second kappa shape index (κ2) is 7.46. The molecule has 1 heterocycles. The Kier molecular flexibility index (Phi) is 6.25. The summed E-state index contributed by atoms with van der Waals surface area (Å²) < 4.78 is 5.40. The summed E-state index contributed by atoms with van der Waals surface area (Å²) in [6.45, 7) is 5.99. The van der Waals surface area contributed by atoms with Gasteiger partial charge >= 0.3 is 0 Å². The number of benzene rings is 1. The van der Waals surface area contributed by atoms with Crippen molar-refractivity contribution in [2.24, 2.45) is 5.73 Å². The summed E-state index contributed by atoms with van der Waals surface area (Å²) >= 11 is 0. The summed E-state index contributed by atoms with van der Waals surface area (Å²) in [4.78, 5) is 4.79. The number of halogens is 1. The van der Waals surface area contributed by atoms with Crippen LogP contribution in [0, 0.1) is 0 Å². The number of nitrogens with zero attached hydrogens (tertiary/aromatic N) is 2. The maximum Gasteiger partial charge on any atom is 0.142 e. The molecule has 0 aliphatic carbocycles. The average Bonchev–Trinajstić information content (AvgIpc) is 2.40. The zero-order valence-corrected chi connectivity index (χ0v) is 11.7. The van der Waals surface area contributed by atoms with E-state index in [-0.39, 0.29) is 12.4 Å². The van der Waals surface area contributed by atoms with Crippen molar-refractivity contribution in [3.8, 4) is 5.75 Å². The highest BCUT2D eigenvalue weighted by Crippen LogP contribution is 2.28. The quantitative estimate of drug-likeness (QED) is 0.894. The number of piperazine rings is 1. The van der Waals surface area contributed by atoms with Crippen LogP contribution in [0.2, 0.25) is 0 Å². The molecule has 0 radical (unpaired) electrons. The average molecular weight is 272 g/mol. The minimum Gasteiger partial charge on any atom is -0.495 e. The van der Waals surface area contributed by atoms with Gasteiger partial charge in [-0.25, -0.2) is 0 Å². The molecule has 1 aliphatic rings. The molecule has 0 bridgehead atoms. The normalized spacial score (nSPS) is 16.2. The Morgan fingerprint density at radius 3 is 2.44 bits per heavy atom. The van der Waals surface area contributed by atoms with E-state index in [1.54, 1.807) is 7.11 Å². The second-order valence-electron chi connectivity index (χ2n) is 4.29. The molecule has 2 rings (SSSR count). The van der Waals surface area contributed by atoms with Gasteiger partial charge in [-0.05, 0) is 12.1 Å². The van der Waals surface area contributed by atoms with Crippen molar-refractivity contribution in [2.75, 3.05) is 51.3 Å². The molecule has 0 aromatic heterocycles. The number of ether oxygens (including phenoxy) is 1. The number of methoxy groups -OCH3 is 1. The molecule has 2 N–H and O–H groups in total. The van der Waals surface area contributed by atoms with Crippen molar-refractivity contribution in [1.82, 2.24) is 4.90 Å². The van der Waals surface area contributed by atoms with Crippen molar-refractivity contribution in [3.05, 3.63) is 24.3 Å². The van der Waals surface area contributed by atoms with Crippen LogP contribution >= 0.6 is 12.4 Å². The Balaban J connectivity index is 0.00000162. The molecule has 1 aromatic carbocycles. The molecule has 4 nitrogen and oxygen atoms in total. The number of hydrogen-bond donors (Lipinski definition) is 1. The summed E-state index contributed by atoms with van der Waals surface area (Å²) in [6.07, 6.45) is 0. The smallest absolute Gasteiger partial charge is 0.142 e. The number of anilines is 1. The lowest BCUT2D eigenvalue weighted by Gasteiger charge is -2.36. The molecule has 18 heavy (non-hydrogen) atoms. The Morgan fingerprint density at radius 2 is 1.83 bits per heavy atom. The number of hydrogen-bond acceptors (Lipinski definition) is 4. The van der Waals surface area contributed by atoms with E-state index in [0.717, 1.165) is 45.0 Å². The van der Waals surface area contributed by atoms with E-state index in [1.807, 2.05) is 12.1 Å². The SMILES string of the molecule is COc1ccccc1N1CCN(CCN)CC1.Cl. The van der Waals surface area contributed by atoms with E-state index >= 15 is 0 Å². The van der Waals surface area contributed by atoms with Gasteiger partial charge in [-0.1, -0.05) is 12.1 Å². The van der Waals surface area contributed by atoms with Gasteiger partial charge in [0.2, 0.25) is 0 Å². The van der Waals surface area contributed by atoms with Crippen molar-refractivity contribution in [2.45, 2.75) is 0 Å². The lowest BCUT2D eigenvalue weighted by molar-refractivity contribution is 0.264. The van der Waals surface area contributed by atoms with E-state index < -0.39 is 0 Å². The van der Waals surface area contributed by atoms with Gasteiger partial charge < -0.3 is 15.4 Å². The third-order valence-corrected chi connectivity index (χ3v) is 3.24. The summed E-state index contributed by atoms with van der Waals surface area (Å²) in [5.74, 6) is 0.958. The third-order valence-electron chi connectivity index (χ3n) is 3.24. The van der Waals surface area contributed by atoms with Gasteiger partial charge in [-0.2, -0.15) is 0 Å². The van der Waals surface area contributed by atoms with E-state index in [0.29, 0.717) is 0 Å². The zero-order valence-electron chi connectivity index (χ0n) is 10.8. The molecule has 0 amide bonds. The summed E-state index contributed by atoms with van der Waals surface area (Å²) in [5, 5.41) is 0. The summed E-state index contributed by atoms with van der Waals surface area (Å²) in [6, 6.07) is 8.20. The van der Waals surface area contributed by atoms with Crippen molar-refractivity contribution >= 4 is 18.1 Å². The molecule has 102 valence electrons. The van der Waals surface area contributed by atoms with E-state index in [4.69, 9.17) is 10.5 Å². The van der Waals surface area contributed by atoms with Gasteiger partial charge in [-0.3, -0.25) is 4.90 Å². The topological polar surface area (TPSA) is 41.7 Å². The van der Waals surface area contributed by atoms with E-state index in [2.05, 4.69) is 21.9 Å².